The highest BCUT2D eigenvalue weighted by Crippen LogP contribution is 2.21. The Bertz CT molecular complexity index is 652. The Kier molecular flexibility index (Phi) is 3.93. The highest BCUT2D eigenvalue weighted by atomic mass is 32.2. The average Bonchev–Trinajstić information content (AvgIpc) is 2.66. The molecule has 108 valence electrons. The molecule has 1 aliphatic rings. The van der Waals surface area contributed by atoms with E-state index in [2.05, 4.69) is 15.0 Å². The van der Waals surface area contributed by atoms with Crippen LogP contribution in [0.5, 0.6) is 0 Å². The second-order valence-electron chi connectivity index (χ2n) is 4.46. The zero-order chi connectivity index (χ0) is 14.8. The van der Waals surface area contributed by atoms with Crippen LogP contribution in [0.4, 0.5) is 4.79 Å². The molecule has 1 heterocycles. The van der Waals surface area contributed by atoms with Crippen LogP contribution in [0, 0.1) is 0 Å². The Morgan fingerprint density at radius 2 is 2.05 bits per heavy atom. The van der Waals surface area contributed by atoms with Gasteiger partial charge in [-0.3, -0.25) is 9.71 Å². The molecule has 2 N–H and O–H groups in total. The molecule has 0 atom stereocenters. The molecule has 0 saturated heterocycles. The smallest absolute Gasteiger partial charge is 0.316 e. The number of benzene rings is 1. The van der Waals surface area contributed by atoms with E-state index < -0.39 is 10.0 Å². The molecule has 0 aliphatic carbocycles. The van der Waals surface area contributed by atoms with Crippen LogP contribution in [-0.4, -0.2) is 52.4 Å². The van der Waals surface area contributed by atoms with Crippen molar-refractivity contribution in [1.29, 1.82) is 0 Å². The molecular weight excluding hydrogens is 280 g/mol. The maximum absolute atomic E-state index is 11.8. The second-order valence-corrected chi connectivity index (χ2v) is 6.11. The molecule has 0 fully saturated rings. The fraction of sp³-hybridized carbons (Fsp3) is 0.333. The number of amidine groups is 1. The van der Waals surface area contributed by atoms with Crippen molar-refractivity contribution >= 4 is 21.9 Å². The molecule has 20 heavy (non-hydrogen) atoms. The minimum atomic E-state index is -3.50. The third-order valence-electron chi connectivity index (χ3n) is 2.73. The number of hydrogen-bond acceptors (Lipinski definition) is 4. The van der Waals surface area contributed by atoms with Gasteiger partial charge in [0.2, 0.25) is 0 Å². The average molecular weight is 296 g/mol. The van der Waals surface area contributed by atoms with E-state index in [1.807, 2.05) is 0 Å². The lowest BCUT2D eigenvalue weighted by atomic mass is 10.2. The lowest BCUT2D eigenvalue weighted by molar-refractivity contribution is 0.218. The number of aliphatic imine (C=N–C) groups is 1. The van der Waals surface area contributed by atoms with Crippen LogP contribution < -0.4 is 10.0 Å². The van der Waals surface area contributed by atoms with E-state index in [-0.39, 0.29) is 10.9 Å². The SMILES string of the molecule is CN(C)C(=O)NCCN=C1NS(=O)(=O)c2ccccc21. The van der Waals surface area contributed by atoms with Crippen molar-refractivity contribution in [2.24, 2.45) is 4.99 Å². The highest BCUT2D eigenvalue weighted by Gasteiger charge is 2.29. The number of nitrogens with one attached hydrogen (secondary N) is 2. The molecule has 0 unspecified atom stereocenters. The molecule has 0 bridgehead atoms. The molecule has 2 amide bonds. The van der Waals surface area contributed by atoms with Gasteiger partial charge in [-0.25, -0.2) is 13.2 Å². The summed E-state index contributed by atoms with van der Waals surface area (Å²) in [5.41, 5.74) is 0.562. The molecule has 1 aromatic carbocycles. The molecule has 0 radical (unpaired) electrons. The summed E-state index contributed by atoms with van der Waals surface area (Å²) in [6, 6.07) is 6.44. The van der Waals surface area contributed by atoms with E-state index >= 15 is 0 Å². The molecule has 8 heteroatoms. The Morgan fingerprint density at radius 1 is 1.35 bits per heavy atom. The van der Waals surface area contributed by atoms with Crippen LogP contribution in [0.25, 0.3) is 0 Å². The predicted octanol–water partition coefficient (Wildman–Crippen LogP) is -0.00370. The summed E-state index contributed by atoms with van der Waals surface area (Å²) in [5, 5.41) is 2.65. The van der Waals surface area contributed by atoms with E-state index in [0.29, 0.717) is 24.5 Å². The molecule has 0 saturated carbocycles. The molecule has 7 nitrogen and oxygen atoms in total. The molecule has 0 aromatic heterocycles. The summed E-state index contributed by atoms with van der Waals surface area (Å²) >= 11 is 0. The number of carbonyl (C=O) groups excluding carboxylic acids is 1. The Labute approximate surface area is 117 Å². The topological polar surface area (TPSA) is 90.9 Å². The van der Waals surface area contributed by atoms with Crippen LogP contribution in [0.2, 0.25) is 0 Å². The lowest BCUT2D eigenvalue weighted by Gasteiger charge is -2.10. The summed E-state index contributed by atoms with van der Waals surface area (Å²) in [7, 11) is -0.215. The number of carbonyl (C=O) groups is 1. The summed E-state index contributed by atoms with van der Waals surface area (Å²) in [6.45, 7) is 0.635. The molecular formula is C12H16N4O3S. The number of sulfonamides is 1. The van der Waals surface area contributed by atoms with Crippen molar-refractivity contribution < 1.29 is 13.2 Å². The van der Waals surface area contributed by atoms with E-state index in [9.17, 15) is 13.2 Å². The Morgan fingerprint density at radius 3 is 2.75 bits per heavy atom. The van der Waals surface area contributed by atoms with Gasteiger partial charge >= 0.3 is 6.03 Å². The van der Waals surface area contributed by atoms with Gasteiger partial charge in [-0.05, 0) is 12.1 Å². The predicted molar refractivity (Wildman–Crippen MR) is 75.3 cm³/mol. The minimum absolute atomic E-state index is 0.211. The quantitative estimate of drug-likeness (QED) is 0.769. The first kappa shape index (κ1) is 14.3. The van der Waals surface area contributed by atoms with Crippen molar-refractivity contribution in [2.75, 3.05) is 27.2 Å². The van der Waals surface area contributed by atoms with Gasteiger partial charge in [0.15, 0.2) is 0 Å². The van der Waals surface area contributed by atoms with E-state index in [4.69, 9.17) is 0 Å². The molecule has 2 rings (SSSR count). The number of urea groups is 1. The molecule has 0 spiro atoms. The summed E-state index contributed by atoms with van der Waals surface area (Å²) in [4.78, 5) is 17.1. The maximum Gasteiger partial charge on any atom is 0.316 e. The normalized spacial score (nSPS) is 17.4. The van der Waals surface area contributed by atoms with Crippen molar-refractivity contribution in [1.82, 2.24) is 14.9 Å². The van der Waals surface area contributed by atoms with Crippen LogP contribution in [-0.2, 0) is 10.0 Å². The van der Waals surface area contributed by atoms with Gasteiger partial charge in [0.1, 0.15) is 5.84 Å². The van der Waals surface area contributed by atoms with E-state index in [1.54, 1.807) is 32.3 Å². The number of amides is 2. The zero-order valence-corrected chi connectivity index (χ0v) is 12.1. The van der Waals surface area contributed by atoms with Gasteiger partial charge in [0.05, 0.1) is 11.4 Å². The first-order valence-electron chi connectivity index (χ1n) is 6.03. The van der Waals surface area contributed by atoms with Crippen molar-refractivity contribution in [2.45, 2.75) is 4.90 Å². The van der Waals surface area contributed by atoms with Gasteiger partial charge in [0, 0.05) is 26.2 Å². The van der Waals surface area contributed by atoms with Crippen LogP contribution in [0.15, 0.2) is 34.2 Å². The first-order valence-corrected chi connectivity index (χ1v) is 7.52. The summed E-state index contributed by atoms with van der Waals surface area (Å²) in [5.74, 6) is 0.319. The fourth-order valence-corrected chi connectivity index (χ4v) is 2.99. The molecule has 1 aliphatic heterocycles. The largest absolute Gasteiger partial charge is 0.336 e. The van der Waals surface area contributed by atoms with Gasteiger partial charge < -0.3 is 10.2 Å². The van der Waals surface area contributed by atoms with Crippen LogP contribution in [0.3, 0.4) is 0 Å². The van der Waals surface area contributed by atoms with Gasteiger partial charge in [-0.2, -0.15) is 0 Å². The fourth-order valence-electron chi connectivity index (χ4n) is 1.74. The van der Waals surface area contributed by atoms with Gasteiger partial charge in [0.25, 0.3) is 10.0 Å². The summed E-state index contributed by atoms with van der Waals surface area (Å²) < 4.78 is 26.1. The number of fused-ring (bicyclic) bond motifs is 1. The van der Waals surface area contributed by atoms with Crippen LogP contribution in [0.1, 0.15) is 5.56 Å². The maximum atomic E-state index is 11.8. The monoisotopic (exact) mass is 296 g/mol. The van der Waals surface area contributed by atoms with E-state index in [0.717, 1.165) is 0 Å². The standard InChI is InChI=1S/C12H16N4O3S/c1-16(2)12(17)14-8-7-13-11-9-5-3-4-6-10(9)20(18,19)15-11/h3-6H,7-8H2,1-2H3,(H,13,15)(H,14,17). The Hall–Kier alpha value is -2.09. The third-order valence-corrected chi connectivity index (χ3v) is 4.12. The number of rotatable bonds is 3. The Balaban J connectivity index is 2.05. The molecule has 1 aromatic rings. The highest BCUT2D eigenvalue weighted by molar-refractivity contribution is 7.90. The zero-order valence-electron chi connectivity index (χ0n) is 11.3. The van der Waals surface area contributed by atoms with Crippen molar-refractivity contribution in [3.05, 3.63) is 29.8 Å². The lowest BCUT2D eigenvalue weighted by Crippen LogP contribution is -2.36. The van der Waals surface area contributed by atoms with E-state index in [1.165, 1.54) is 11.0 Å². The summed E-state index contributed by atoms with van der Waals surface area (Å²) in [6.07, 6.45) is 0. The van der Waals surface area contributed by atoms with Gasteiger partial charge in [-0.15, -0.1) is 0 Å². The van der Waals surface area contributed by atoms with Gasteiger partial charge in [-0.1, -0.05) is 12.1 Å². The van der Waals surface area contributed by atoms with Crippen molar-refractivity contribution in [3.63, 3.8) is 0 Å². The minimum Gasteiger partial charge on any atom is -0.336 e. The number of nitrogens with zero attached hydrogens (tertiary/aromatic N) is 2. The third kappa shape index (κ3) is 2.90. The first-order chi connectivity index (χ1) is 9.42. The second kappa shape index (κ2) is 5.49. The number of hydrogen-bond donors (Lipinski definition) is 2. The van der Waals surface area contributed by atoms with Crippen LogP contribution >= 0.6 is 0 Å². The van der Waals surface area contributed by atoms with Crippen molar-refractivity contribution in [3.8, 4) is 0 Å².